The molecule has 0 aliphatic carbocycles. The van der Waals surface area contributed by atoms with Gasteiger partial charge in [-0.15, -0.1) is 0 Å². The lowest BCUT2D eigenvalue weighted by Crippen LogP contribution is -2.27. The van der Waals surface area contributed by atoms with Crippen molar-refractivity contribution < 1.29 is 0 Å². The largest absolute Gasteiger partial charge is 0.370 e. The third kappa shape index (κ3) is 4.06. The van der Waals surface area contributed by atoms with Crippen LogP contribution in [-0.2, 0) is 0 Å². The molecule has 5 heteroatoms. The fraction of sp³-hybridized carbons (Fsp3) is 0.714. The summed E-state index contributed by atoms with van der Waals surface area (Å²) in [5.74, 6) is 1.88. The Balaban J connectivity index is 1.84. The monoisotopic (exact) mass is 263 g/mol. The highest BCUT2D eigenvalue weighted by molar-refractivity contribution is 5.48. The number of aromatic nitrogens is 2. The zero-order valence-electron chi connectivity index (χ0n) is 12.2. The average molecular weight is 263 g/mol. The zero-order valence-corrected chi connectivity index (χ0v) is 12.2. The van der Waals surface area contributed by atoms with E-state index in [1.165, 1.54) is 19.4 Å². The Morgan fingerprint density at radius 2 is 2.32 bits per heavy atom. The topological polar surface area (TPSA) is 53.1 Å². The fourth-order valence-electron chi connectivity index (χ4n) is 2.28. The van der Waals surface area contributed by atoms with Gasteiger partial charge in [0.15, 0.2) is 0 Å². The van der Waals surface area contributed by atoms with E-state index in [4.69, 9.17) is 0 Å². The average Bonchev–Trinajstić information content (AvgIpc) is 2.91. The van der Waals surface area contributed by atoms with E-state index in [9.17, 15) is 0 Å². The van der Waals surface area contributed by atoms with Crippen molar-refractivity contribution in [3.05, 3.63) is 12.4 Å². The molecule has 2 N–H and O–H groups in total. The first-order valence-electron chi connectivity index (χ1n) is 7.19. The number of nitrogens with zero attached hydrogens (tertiary/aromatic N) is 3. The van der Waals surface area contributed by atoms with E-state index < -0.39 is 0 Å². The first-order valence-corrected chi connectivity index (χ1v) is 7.19. The van der Waals surface area contributed by atoms with Crippen molar-refractivity contribution in [2.45, 2.75) is 45.2 Å². The van der Waals surface area contributed by atoms with Gasteiger partial charge in [-0.05, 0) is 39.7 Å². The zero-order chi connectivity index (χ0) is 13.7. The lowest BCUT2D eigenvalue weighted by molar-refractivity contribution is 0.574. The third-order valence-electron chi connectivity index (χ3n) is 3.75. The maximum atomic E-state index is 4.31. The van der Waals surface area contributed by atoms with Crippen LogP contribution in [0.3, 0.4) is 0 Å². The maximum Gasteiger partial charge on any atom is 0.134 e. The van der Waals surface area contributed by atoms with Gasteiger partial charge in [-0.1, -0.05) is 0 Å². The van der Waals surface area contributed by atoms with Crippen LogP contribution in [0.15, 0.2) is 12.4 Å². The molecule has 5 nitrogen and oxygen atoms in total. The van der Waals surface area contributed by atoms with Crippen LogP contribution in [0, 0.1) is 0 Å². The van der Waals surface area contributed by atoms with Crippen molar-refractivity contribution in [3.8, 4) is 0 Å². The van der Waals surface area contributed by atoms with Gasteiger partial charge >= 0.3 is 0 Å². The summed E-state index contributed by atoms with van der Waals surface area (Å²) in [4.78, 5) is 10.7. The van der Waals surface area contributed by atoms with Crippen molar-refractivity contribution in [1.29, 1.82) is 0 Å². The Morgan fingerprint density at radius 3 is 3.00 bits per heavy atom. The molecule has 1 aliphatic rings. The smallest absolute Gasteiger partial charge is 0.134 e. The van der Waals surface area contributed by atoms with Crippen LogP contribution in [0.25, 0.3) is 0 Å². The molecule has 0 bridgehead atoms. The highest BCUT2D eigenvalue weighted by Crippen LogP contribution is 2.15. The summed E-state index contributed by atoms with van der Waals surface area (Å²) in [6.07, 6.45) is 5.39. The molecule has 0 radical (unpaired) electrons. The molecule has 0 spiro atoms. The second-order valence-electron chi connectivity index (χ2n) is 5.47. The van der Waals surface area contributed by atoms with Gasteiger partial charge in [0.05, 0.1) is 0 Å². The minimum absolute atomic E-state index is 0.436. The van der Waals surface area contributed by atoms with Crippen molar-refractivity contribution in [1.82, 2.24) is 15.3 Å². The predicted octanol–water partition coefficient (Wildman–Crippen LogP) is 1.88. The van der Waals surface area contributed by atoms with E-state index in [0.717, 1.165) is 24.6 Å². The molecule has 19 heavy (non-hydrogen) atoms. The van der Waals surface area contributed by atoms with Crippen LogP contribution in [0.4, 0.5) is 11.6 Å². The molecular formula is C14H25N5. The molecule has 1 saturated heterocycles. The van der Waals surface area contributed by atoms with Gasteiger partial charge in [-0.25, -0.2) is 9.97 Å². The quantitative estimate of drug-likeness (QED) is 0.820. The Morgan fingerprint density at radius 1 is 1.47 bits per heavy atom. The second-order valence-corrected chi connectivity index (χ2v) is 5.47. The number of nitrogens with one attached hydrogen (secondary N) is 2. The first-order chi connectivity index (χ1) is 9.16. The van der Waals surface area contributed by atoms with Crippen LogP contribution in [0.5, 0.6) is 0 Å². The molecule has 2 rings (SSSR count). The minimum atomic E-state index is 0.436. The van der Waals surface area contributed by atoms with Gasteiger partial charge in [0.2, 0.25) is 0 Å². The van der Waals surface area contributed by atoms with E-state index in [1.807, 2.05) is 6.07 Å². The molecule has 1 aromatic rings. The summed E-state index contributed by atoms with van der Waals surface area (Å²) in [6, 6.07) is 3.12. The third-order valence-corrected chi connectivity index (χ3v) is 3.75. The maximum absolute atomic E-state index is 4.31. The summed E-state index contributed by atoms with van der Waals surface area (Å²) in [7, 11) is 2.05. The van der Waals surface area contributed by atoms with E-state index in [-0.39, 0.29) is 0 Å². The molecule has 0 amide bonds. The van der Waals surface area contributed by atoms with Crippen molar-refractivity contribution in [2.75, 3.05) is 30.4 Å². The van der Waals surface area contributed by atoms with Gasteiger partial charge in [0.25, 0.3) is 0 Å². The molecule has 1 aliphatic heterocycles. The van der Waals surface area contributed by atoms with Crippen molar-refractivity contribution >= 4 is 11.6 Å². The number of hydrogen-bond acceptors (Lipinski definition) is 5. The lowest BCUT2D eigenvalue weighted by atomic mass is 10.1. The van der Waals surface area contributed by atoms with E-state index in [2.05, 4.69) is 46.4 Å². The Kier molecular flexibility index (Phi) is 4.96. The lowest BCUT2D eigenvalue weighted by Gasteiger charge is -2.22. The molecular weight excluding hydrogens is 238 g/mol. The first kappa shape index (κ1) is 14.1. The highest BCUT2D eigenvalue weighted by Gasteiger charge is 2.13. The van der Waals surface area contributed by atoms with Crippen LogP contribution in [-0.4, -0.2) is 42.2 Å². The summed E-state index contributed by atoms with van der Waals surface area (Å²) in [6.45, 7) is 6.43. The molecule has 1 fully saturated rings. The number of hydrogen-bond donors (Lipinski definition) is 2. The van der Waals surface area contributed by atoms with Gasteiger partial charge in [0, 0.05) is 31.7 Å². The number of anilines is 2. The molecule has 106 valence electrons. The van der Waals surface area contributed by atoms with E-state index in [1.54, 1.807) is 6.33 Å². The van der Waals surface area contributed by atoms with Crippen LogP contribution in [0.2, 0.25) is 0 Å². The Bertz CT molecular complexity index is 387. The summed E-state index contributed by atoms with van der Waals surface area (Å²) < 4.78 is 0. The second kappa shape index (κ2) is 6.70. The van der Waals surface area contributed by atoms with Crippen LogP contribution < -0.4 is 15.5 Å². The van der Waals surface area contributed by atoms with Crippen LogP contribution >= 0.6 is 0 Å². The molecule has 1 unspecified atom stereocenters. The molecule has 2 heterocycles. The summed E-state index contributed by atoms with van der Waals surface area (Å²) >= 11 is 0. The fourth-order valence-corrected chi connectivity index (χ4v) is 2.28. The standard InChI is InChI=1S/C14H25N5/c1-11(2)19(3)14-9-13(17-10-18-14)16-8-6-12-5-4-7-15-12/h9-12,15H,4-8H2,1-3H3,(H,16,17,18). The minimum Gasteiger partial charge on any atom is -0.370 e. The Hall–Kier alpha value is -1.36. The van der Waals surface area contributed by atoms with Crippen molar-refractivity contribution in [3.63, 3.8) is 0 Å². The molecule has 0 aromatic carbocycles. The van der Waals surface area contributed by atoms with Crippen LogP contribution in [0.1, 0.15) is 33.1 Å². The number of rotatable bonds is 6. The van der Waals surface area contributed by atoms with Crippen molar-refractivity contribution in [2.24, 2.45) is 0 Å². The SMILES string of the molecule is CC(C)N(C)c1cc(NCCC2CCCN2)ncn1. The molecule has 0 saturated carbocycles. The molecule has 1 atom stereocenters. The van der Waals surface area contributed by atoms with Gasteiger partial charge in [-0.2, -0.15) is 0 Å². The van der Waals surface area contributed by atoms with E-state index in [0.29, 0.717) is 12.1 Å². The normalized spacial score (nSPS) is 18.8. The van der Waals surface area contributed by atoms with E-state index >= 15 is 0 Å². The van der Waals surface area contributed by atoms with Gasteiger partial charge in [0.1, 0.15) is 18.0 Å². The summed E-state index contributed by atoms with van der Waals surface area (Å²) in [5.41, 5.74) is 0. The van der Waals surface area contributed by atoms with Gasteiger partial charge < -0.3 is 15.5 Å². The Labute approximate surface area is 115 Å². The predicted molar refractivity (Wildman–Crippen MR) is 79.7 cm³/mol. The summed E-state index contributed by atoms with van der Waals surface area (Å²) in [5, 5.41) is 6.89. The van der Waals surface area contributed by atoms with Gasteiger partial charge in [-0.3, -0.25) is 0 Å². The molecule has 1 aromatic heterocycles. The highest BCUT2D eigenvalue weighted by atomic mass is 15.2.